The summed E-state index contributed by atoms with van der Waals surface area (Å²) >= 11 is 0. The molecule has 26 heavy (non-hydrogen) atoms. The third-order valence-corrected chi connectivity index (χ3v) is 4.42. The van der Waals surface area contributed by atoms with Gasteiger partial charge in [0.05, 0.1) is 14.2 Å². The predicted molar refractivity (Wildman–Crippen MR) is 99.7 cm³/mol. The molecule has 0 aromatic heterocycles. The summed E-state index contributed by atoms with van der Waals surface area (Å²) in [6.45, 7) is 0.247. The number of carbonyl (C=O) groups is 2. The van der Waals surface area contributed by atoms with Crippen molar-refractivity contribution in [3.8, 4) is 5.75 Å². The number of hydrogen-bond donors (Lipinski definition) is 1. The van der Waals surface area contributed by atoms with Gasteiger partial charge in [-0.25, -0.2) is 4.79 Å². The first-order valence-electron chi connectivity index (χ1n) is 7.87. The summed E-state index contributed by atoms with van der Waals surface area (Å²) < 4.78 is 21.2. The van der Waals surface area contributed by atoms with Crippen molar-refractivity contribution in [3.63, 3.8) is 0 Å². The van der Waals surface area contributed by atoms with Crippen molar-refractivity contribution in [3.05, 3.63) is 64.7 Å². The molecule has 0 bridgehead atoms. The quantitative estimate of drug-likeness (QED) is 0.751. The number of methoxy groups -OCH3 is 2. The molecular formula is C19H21NO5S. The van der Waals surface area contributed by atoms with Gasteiger partial charge in [0.25, 0.3) is 5.91 Å². The number of benzene rings is 2. The van der Waals surface area contributed by atoms with Crippen LogP contribution in [0.3, 0.4) is 0 Å². The van der Waals surface area contributed by atoms with Crippen LogP contribution in [0.4, 0.5) is 0 Å². The van der Waals surface area contributed by atoms with E-state index in [0.717, 1.165) is 11.1 Å². The molecule has 2 aromatic carbocycles. The monoisotopic (exact) mass is 375 g/mol. The summed E-state index contributed by atoms with van der Waals surface area (Å²) in [5, 5.41) is 2.81. The van der Waals surface area contributed by atoms with Crippen molar-refractivity contribution < 1.29 is 23.3 Å². The zero-order chi connectivity index (χ0) is 19.1. The summed E-state index contributed by atoms with van der Waals surface area (Å²) in [6.07, 6.45) is 1.62. The van der Waals surface area contributed by atoms with E-state index >= 15 is 0 Å². The molecule has 0 radical (unpaired) electrons. The average molecular weight is 375 g/mol. The van der Waals surface area contributed by atoms with Gasteiger partial charge >= 0.3 is 5.97 Å². The number of amides is 1. The van der Waals surface area contributed by atoms with Crippen LogP contribution in [0.5, 0.6) is 5.75 Å². The summed E-state index contributed by atoms with van der Waals surface area (Å²) in [7, 11) is 1.80. The molecule has 1 amide bonds. The maximum absolute atomic E-state index is 12.4. The molecule has 0 aliphatic carbocycles. The topological polar surface area (TPSA) is 81.7 Å². The number of esters is 1. The molecule has 1 N–H and O–H groups in total. The Morgan fingerprint density at radius 3 is 2.50 bits per heavy atom. The van der Waals surface area contributed by atoms with Gasteiger partial charge in [-0.2, -0.15) is 0 Å². The molecule has 0 saturated carbocycles. The second-order valence-electron chi connectivity index (χ2n) is 5.63. The number of ether oxygens (including phenoxy) is 2. The predicted octanol–water partition coefficient (Wildman–Crippen LogP) is 2.29. The standard InChI is InChI=1S/C19H21NO5S/c1-24-17-8-7-13(10-16(17)19(22)25-2)11-20-18(21)15-6-4-5-14(9-15)12-26(3)23/h4-10H,11-12H2,1-3H3,(H,20,21). The molecule has 7 heteroatoms. The number of rotatable bonds is 7. The van der Waals surface area contributed by atoms with Gasteiger partial charge in [0.1, 0.15) is 11.3 Å². The van der Waals surface area contributed by atoms with Crippen molar-refractivity contribution in [2.45, 2.75) is 12.3 Å². The first kappa shape index (κ1) is 19.7. The third-order valence-electron chi connectivity index (χ3n) is 3.68. The minimum absolute atomic E-state index is 0.246. The lowest BCUT2D eigenvalue weighted by molar-refractivity contribution is 0.0597. The van der Waals surface area contributed by atoms with Gasteiger partial charge in [-0.3, -0.25) is 9.00 Å². The summed E-state index contributed by atoms with van der Waals surface area (Å²) in [6, 6.07) is 12.1. The Bertz CT molecular complexity index is 834. The maximum Gasteiger partial charge on any atom is 0.341 e. The Hall–Kier alpha value is -2.67. The van der Waals surface area contributed by atoms with Crippen molar-refractivity contribution in [1.82, 2.24) is 5.32 Å². The smallest absolute Gasteiger partial charge is 0.341 e. The SMILES string of the molecule is COC(=O)c1cc(CNC(=O)c2cccc(CS(C)=O)c2)ccc1OC. The van der Waals surface area contributed by atoms with Crippen LogP contribution in [0, 0.1) is 0 Å². The van der Waals surface area contributed by atoms with Gasteiger partial charge < -0.3 is 14.8 Å². The highest BCUT2D eigenvalue weighted by Gasteiger charge is 2.14. The normalized spacial score (nSPS) is 11.5. The number of nitrogens with one attached hydrogen (secondary N) is 1. The first-order valence-corrected chi connectivity index (χ1v) is 9.59. The van der Waals surface area contributed by atoms with Crippen LogP contribution in [-0.4, -0.2) is 36.6 Å². The van der Waals surface area contributed by atoms with E-state index in [1.54, 1.807) is 42.7 Å². The molecule has 0 heterocycles. The van der Waals surface area contributed by atoms with Gasteiger partial charge in [-0.1, -0.05) is 18.2 Å². The van der Waals surface area contributed by atoms with Crippen molar-refractivity contribution >= 4 is 22.7 Å². The Morgan fingerprint density at radius 2 is 1.85 bits per heavy atom. The number of hydrogen-bond acceptors (Lipinski definition) is 5. The Labute approximate surface area is 155 Å². The van der Waals surface area contributed by atoms with E-state index < -0.39 is 16.8 Å². The Balaban J connectivity index is 2.10. The Kier molecular flexibility index (Phi) is 6.91. The van der Waals surface area contributed by atoms with Gasteiger partial charge in [-0.05, 0) is 35.4 Å². The largest absolute Gasteiger partial charge is 0.496 e. The summed E-state index contributed by atoms with van der Waals surface area (Å²) in [5.41, 5.74) is 2.38. The van der Waals surface area contributed by atoms with Crippen molar-refractivity contribution in [1.29, 1.82) is 0 Å². The molecule has 0 spiro atoms. The lowest BCUT2D eigenvalue weighted by Gasteiger charge is -2.10. The fraction of sp³-hybridized carbons (Fsp3) is 0.263. The van der Waals surface area contributed by atoms with Crippen LogP contribution < -0.4 is 10.1 Å². The lowest BCUT2D eigenvalue weighted by atomic mass is 10.1. The van der Waals surface area contributed by atoms with Crippen LogP contribution >= 0.6 is 0 Å². The van der Waals surface area contributed by atoms with Crippen LogP contribution in [-0.2, 0) is 27.8 Å². The van der Waals surface area contributed by atoms with Crippen molar-refractivity contribution in [2.24, 2.45) is 0 Å². The van der Waals surface area contributed by atoms with E-state index in [9.17, 15) is 13.8 Å². The van der Waals surface area contributed by atoms with Crippen LogP contribution in [0.2, 0.25) is 0 Å². The second kappa shape index (κ2) is 9.15. The zero-order valence-corrected chi connectivity index (χ0v) is 15.7. The second-order valence-corrected chi connectivity index (χ2v) is 7.06. The van der Waals surface area contributed by atoms with Gasteiger partial charge in [0.2, 0.25) is 0 Å². The van der Waals surface area contributed by atoms with E-state index in [1.165, 1.54) is 14.2 Å². The summed E-state index contributed by atoms with van der Waals surface area (Å²) in [5.74, 6) is 0.0638. The molecule has 138 valence electrons. The van der Waals surface area contributed by atoms with Crippen LogP contribution in [0.15, 0.2) is 42.5 Å². The molecular weight excluding hydrogens is 354 g/mol. The van der Waals surface area contributed by atoms with Gasteiger partial charge in [0.15, 0.2) is 0 Å². The minimum atomic E-state index is -0.970. The molecule has 1 unspecified atom stereocenters. The summed E-state index contributed by atoms with van der Waals surface area (Å²) in [4.78, 5) is 24.2. The fourth-order valence-electron chi connectivity index (χ4n) is 2.46. The van der Waals surface area contributed by atoms with Gasteiger partial charge in [0, 0.05) is 34.9 Å². The molecule has 0 aliphatic heterocycles. The van der Waals surface area contributed by atoms with Crippen molar-refractivity contribution in [2.75, 3.05) is 20.5 Å². The highest BCUT2D eigenvalue weighted by molar-refractivity contribution is 7.83. The average Bonchev–Trinajstić information content (AvgIpc) is 2.64. The first-order chi connectivity index (χ1) is 12.4. The molecule has 0 saturated heterocycles. The molecule has 2 aromatic rings. The van der Waals surface area contributed by atoms with Crippen LogP contribution in [0.1, 0.15) is 31.8 Å². The molecule has 0 fully saturated rings. The van der Waals surface area contributed by atoms with E-state index in [-0.39, 0.29) is 12.5 Å². The zero-order valence-electron chi connectivity index (χ0n) is 14.9. The highest BCUT2D eigenvalue weighted by Crippen LogP contribution is 2.21. The molecule has 0 aliphatic rings. The molecule has 1 atom stereocenters. The van der Waals surface area contributed by atoms with E-state index in [0.29, 0.717) is 22.6 Å². The molecule has 6 nitrogen and oxygen atoms in total. The Morgan fingerprint density at radius 1 is 1.08 bits per heavy atom. The lowest BCUT2D eigenvalue weighted by Crippen LogP contribution is -2.23. The number of carbonyl (C=O) groups excluding carboxylic acids is 2. The third kappa shape index (κ3) is 5.16. The van der Waals surface area contributed by atoms with Crippen LogP contribution in [0.25, 0.3) is 0 Å². The van der Waals surface area contributed by atoms with E-state index in [4.69, 9.17) is 9.47 Å². The fourth-order valence-corrected chi connectivity index (χ4v) is 3.11. The van der Waals surface area contributed by atoms with E-state index in [1.807, 2.05) is 6.07 Å². The van der Waals surface area contributed by atoms with Gasteiger partial charge in [-0.15, -0.1) is 0 Å². The molecule has 2 rings (SSSR count). The maximum atomic E-state index is 12.4. The van der Waals surface area contributed by atoms with E-state index in [2.05, 4.69) is 5.32 Å². The highest BCUT2D eigenvalue weighted by atomic mass is 32.2. The minimum Gasteiger partial charge on any atom is -0.496 e.